The lowest BCUT2D eigenvalue weighted by Gasteiger charge is -2.61. The first-order valence-corrected chi connectivity index (χ1v) is 12.6. The Morgan fingerprint density at radius 2 is 1.73 bits per heavy atom. The molecule has 5 nitrogen and oxygen atoms in total. The summed E-state index contributed by atoms with van der Waals surface area (Å²) in [7, 11) is 0. The zero-order valence-electron chi connectivity index (χ0n) is 21.0. The molecule has 0 saturated heterocycles. The Morgan fingerprint density at radius 1 is 1.03 bits per heavy atom. The summed E-state index contributed by atoms with van der Waals surface area (Å²) in [6, 6.07) is 0. The van der Waals surface area contributed by atoms with Crippen molar-refractivity contribution >= 4 is 11.6 Å². The van der Waals surface area contributed by atoms with Crippen molar-refractivity contribution in [3.63, 3.8) is 0 Å². The predicted molar refractivity (Wildman–Crippen MR) is 127 cm³/mol. The van der Waals surface area contributed by atoms with Crippen molar-refractivity contribution in [3.8, 4) is 0 Å². The molecule has 0 aromatic rings. The quantitative estimate of drug-likeness (QED) is 0.327. The number of fused-ring (bicyclic) bond motifs is 5. The van der Waals surface area contributed by atoms with E-state index in [0.29, 0.717) is 55.1 Å². The minimum Gasteiger partial charge on any atom is -0.384 e. The van der Waals surface area contributed by atoms with Gasteiger partial charge in [0.25, 0.3) is 0 Å². The standard InChI is InChI=1S/C28H40O5/c1-17(2)18(3)7-8-19(4)21-10-12-28(33-32)24-16-23(30)22-15-20(29)9-11-25(22,5)27(24,31)14-13-26(21,28)6/h7-8,15-19,21,31-32H,9-14H2,1-6H3/b8-7+/t18-,19+,21+,25-,26+,27+,28+/m0/s1. The smallest absolute Gasteiger partial charge is 0.182 e. The van der Waals surface area contributed by atoms with Crippen molar-refractivity contribution in [1.29, 1.82) is 0 Å². The number of hydrogen-bond acceptors (Lipinski definition) is 5. The van der Waals surface area contributed by atoms with Crippen molar-refractivity contribution in [2.45, 2.75) is 91.3 Å². The highest BCUT2D eigenvalue weighted by Crippen LogP contribution is 2.69. The van der Waals surface area contributed by atoms with Crippen LogP contribution in [0.25, 0.3) is 0 Å². The van der Waals surface area contributed by atoms with E-state index in [-0.39, 0.29) is 23.4 Å². The summed E-state index contributed by atoms with van der Waals surface area (Å²) in [5, 5.41) is 22.6. The van der Waals surface area contributed by atoms with Crippen LogP contribution in [0.2, 0.25) is 0 Å². The third-order valence-corrected chi connectivity index (χ3v) is 10.2. The van der Waals surface area contributed by atoms with Crippen LogP contribution in [-0.2, 0) is 14.5 Å². The Hall–Kier alpha value is -1.56. The van der Waals surface area contributed by atoms with Gasteiger partial charge in [0.15, 0.2) is 11.6 Å². The van der Waals surface area contributed by atoms with Gasteiger partial charge in [-0.1, -0.05) is 53.7 Å². The first kappa shape index (κ1) is 24.6. The van der Waals surface area contributed by atoms with Crippen LogP contribution in [0.15, 0.2) is 35.5 Å². The van der Waals surface area contributed by atoms with E-state index in [1.54, 1.807) is 0 Å². The van der Waals surface area contributed by atoms with Crippen molar-refractivity contribution in [2.24, 2.45) is 34.5 Å². The van der Waals surface area contributed by atoms with E-state index >= 15 is 0 Å². The highest BCUT2D eigenvalue weighted by atomic mass is 17.1. The molecule has 0 amide bonds. The van der Waals surface area contributed by atoms with Gasteiger partial charge in [-0.05, 0) is 67.9 Å². The number of carbonyl (C=O) groups excluding carboxylic acids is 2. The van der Waals surface area contributed by atoms with Crippen LogP contribution in [-0.4, -0.2) is 33.1 Å². The van der Waals surface area contributed by atoms with E-state index in [9.17, 15) is 20.0 Å². The summed E-state index contributed by atoms with van der Waals surface area (Å²) in [5.74, 6) is 1.27. The van der Waals surface area contributed by atoms with E-state index in [4.69, 9.17) is 4.89 Å². The number of allylic oxidation sites excluding steroid dienone is 4. The van der Waals surface area contributed by atoms with Gasteiger partial charge >= 0.3 is 0 Å². The molecular formula is C28H40O5. The molecule has 182 valence electrons. The highest BCUT2D eigenvalue weighted by Gasteiger charge is 2.72. The zero-order valence-corrected chi connectivity index (χ0v) is 21.0. The summed E-state index contributed by atoms with van der Waals surface area (Å²) < 4.78 is 0. The minimum atomic E-state index is -1.32. The molecule has 4 aliphatic carbocycles. The summed E-state index contributed by atoms with van der Waals surface area (Å²) in [5.41, 5.74) is -2.80. The lowest BCUT2D eigenvalue weighted by Crippen LogP contribution is -2.66. The molecule has 0 bridgehead atoms. The van der Waals surface area contributed by atoms with Gasteiger partial charge in [-0.15, -0.1) is 0 Å². The molecular weight excluding hydrogens is 416 g/mol. The van der Waals surface area contributed by atoms with Crippen LogP contribution < -0.4 is 0 Å². The maximum Gasteiger partial charge on any atom is 0.182 e. The van der Waals surface area contributed by atoms with Crippen molar-refractivity contribution in [1.82, 2.24) is 0 Å². The van der Waals surface area contributed by atoms with E-state index in [1.165, 1.54) is 12.2 Å². The van der Waals surface area contributed by atoms with Crippen molar-refractivity contribution in [2.75, 3.05) is 0 Å². The lowest BCUT2D eigenvalue weighted by molar-refractivity contribution is -0.351. The summed E-state index contributed by atoms with van der Waals surface area (Å²) in [6.45, 7) is 12.9. The van der Waals surface area contributed by atoms with Crippen LogP contribution in [0.3, 0.4) is 0 Å². The third kappa shape index (κ3) is 3.22. The van der Waals surface area contributed by atoms with E-state index in [0.717, 1.165) is 6.42 Å². The molecule has 0 spiro atoms. The van der Waals surface area contributed by atoms with Crippen LogP contribution in [0.5, 0.6) is 0 Å². The van der Waals surface area contributed by atoms with Gasteiger partial charge in [-0.25, -0.2) is 4.89 Å². The maximum absolute atomic E-state index is 13.2. The molecule has 33 heavy (non-hydrogen) atoms. The van der Waals surface area contributed by atoms with E-state index in [2.05, 4.69) is 46.8 Å². The lowest BCUT2D eigenvalue weighted by atomic mass is 9.46. The molecule has 4 aliphatic rings. The molecule has 0 unspecified atom stereocenters. The third-order valence-electron chi connectivity index (χ3n) is 10.2. The van der Waals surface area contributed by atoms with Gasteiger partial charge in [0, 0.05) is 28.4 Å². The number of aliphatic hydroxyl groups is 1. The average molecular weight is 457 g/mol. The molecule has 0 aliphatic heterocycles. The molecule has 0 radical (unpaired) electrons. The van der Waals surface area contributed by atoms with Gasteiger partial charge in [-0.3, -0.25) is 14.8 Å². The second kappa shape index (κ2) is 8.00. The number of rotatable bonds is 5. The largest absolute Gasteiger partial charge is 0.384 e. The van der Waals surface area contributed by atoms with Crippen LogP contribution in [0.1, 0.15) is 80.1 Å². The van der Waals surface area contributed by atoms with E-state index < -0.39 is 22.0 Å². The topological polar surface area (TPSA) is 83.8 Å². The summed E-state index contributed by atoms with van der Waals surface area (Å²) >= 11 is 0. The summed E-state index contributed by atoms with van der Waals surface area (Å²) in [4.78, 5) is 30.7. The molecule has 4 rings (SSSR count). The molecule has 7 atom stereocenters. The Labute approximate surface area is 197 Å². The molecule has 0 heterocycles. The Bertz CT molecular complexity index is 944. The van der Waals surface area contributed by atoms with Gasteiger partial charge < -0.3 is 5.11 Å². The van der Waals surface area contributed by atoms with Gasteiger partial charge in [-0.2, -0.15) is 0 Å². The highest BCUT2D eigenvalue weighted by molar-refractivity contribution is 6.12. The minimum absolute atomic E-state index is 0.0674. The number of ketones is 2. The molecule has 2 saturated carbocycles. The van der Waals surface area contributed by atoms with Gasteiger partial charge in [0.1, 0.15) is 5.60 Å². The fourth-order valence-electron chi connectivity index (χ4n) is 7.44. The SMILES string of the molecule is CC(C)[C@@H](C)/C=C/[C@@H](C)[C@H]1CC[C@@]2(OO)C3=CC(=O)C4=CC(=O)CC[C@]4(C)[C@@]3(O)CC[C@]12C. The van der Waals surface area contributed by atoms with Gasteiger partial charge in [0.05, 0.1) is 5.60 Å². The fraction of sp³-hybridized carbons (Fsp3) is 0.714. The Kier molecular flexibility index (Phi) is 5.95. The number of carbonyl (C=O) groups is 2. The molecule has 0 aromatic heterocycles. The van der Waals surface area contributed by atoms with Crippen LogP contribution in [0.4, 0.5) is 0 Å². The fourth-order valence-corrected chi connectivity index (χ4v) is 7.44. The average Bonchev–Trinajstić information content (AvgIpc) is 3.08. The Morgan fingerprint density at radius 3 is 2.36 bits per heavy atom. The first-order chi connectivity index (χ1) is 15.4. The maximum atomic E-state index is 13.2. The first-order valence-electron chi connectivity index (χ1n) is 12.6. The normalized spacial score (nSPS) is 42.5. The molecule has 2 fully saturated rings. The monoisotopic (exact) mass is 456 g/mol. The van der Waals surface area contributed by atoms with Crippen molar-refractivity contribution < 1.29 is 24.8 Å². The Balaban J connectivity index is 1.77. The van der Waals surface area contributed by atoms with Crippen LogP contribution in [0, 0.1) is 34.5 Å². The zero-order chi connectivity index (χ0) is 24.4. The summed E-state index contributed by atoms with van der Waals surface area (Å²) in [6.07, 6.45) is 10.8. The van der Waals surface area contributed by atoms with E-state index in [1.807, 2.05) is 6.92 Å². The van der Waals surface area contributed by atoms with Crippen molar-refractivity contribution in [3.05, 3.63) is 35.5 Å². The molecule has 5 heteroatoms. The molecule has 0 aromatic carbocycles. The second-order valence-corrected chi connectivity index (χ2v) is 12.0. The molecule has 2 N–H and O–H groups in total. The second-order valence-electron chi connectivity index (χ2n) is 12.0. The number of hydrogen-bond donors (Lipinski definition) is 2. The van der Waals surface area contributed by atoms with Gasteiger partial charge in [0.2, 0.25) is 0 Å². The predicted octanol–water partition coefficient (Wildman–Crippen LogP) is 5.45. The van der Waals surface area contributed by atoms with Crippen LogP contribution >= 0.6 is 0 Å².